The third-order valence-corrected chi connectivity index (χ3v) is 3.68. The Morgan fingerprint density at radius 1 is 1.22 bits per heavy atom. The molecule has 0 bridgehead atoms. The zero-order valence-corrected chi connectivity index (χ0v) is 11.8. The van der Waals surface area contributed by atoms with Crippen LogP contribution in [0.15, 0.2) is 29.6 Å². The van der Waals surface area contributed by atoms with Gasteiger partial charge < -0.3 is 14.8 Å². The second kappa shape index (κ2) is 5.98. The van der Waals surface area contributed by atoms with Gasteiger partial charge in [-0.25, -0.2) is 0 Å². The van der Waals surface area contributed by atoms with Crippen molar-refractivity contribution in [3.63, 3.8) is 0 Å². The van der Waals surface area contributed by atoms with Gasteiger partial charge in [-0.05, 0) is 17.5 Å². The van der Waals surface area contributed by atoms with Gasteiger partial charge in [0.05, 0.1) is 24.9 Å². The molecule has 1 aromatic carbocycles. The van der Waals surface area contributed by atoms with Crippen LogP contribution in [0, 0.1) is 0 Å². The van der Waals surface area contributed by atoms with E-state index in [1.807, 2.05) is 12.1 Å². The van der Waals surface area contributed by atoms with E-state index in [0.717, 1.165) is 12.2 Å². The quantitative estimate of drug-likeness (QED) is 0.899. The van der Waals surface area contributed by atoms with Crippen LogP contribution in [0.5, 0.6) is 11.5 Å². The summed E-state index contributed by atoms with van der Waals surface area (Å²) < 4.78 is 10.5. The molecule has 18 heavy (non-hydrogen) atoms. The van der Waals surface area contributed by atoms with Crippen molar-refractivity contribution in [2.75, 3.05) is 19.5 Å². The van der Waals surface area contributed by atoms with E-state index >= 15 is 0 Å². The van der Waals surface area contributed by atoms with E-state index in [9.17, 15) is 0 Å². The van der Waals surface area contributed by atoms with Crippen LogP contribution in [0.1, 0.15) is 4.88 Å². The van der Waals surface area contributed by atoms with E-state index in [0.29, 0.717) is 16.5 Å². The van der Waals surface area contributed by atoms with Crippen LogP contribution in [-0.4, -0.2) is 14.2 Å². The maximum Gasteiger partial charge on any atom is 0.145 e. The summed E-state index contributed by atoms with van der Waals surface area (Å²) >= 11 is 7.81. The van der Waals surface area contributed by atoms with Gasteiger partial charge in [0.25, 0.3) is 0 Å². The lowest BCUT2D eigenvalue weighted by Crippen LogP contribution is -2.00. The van der Waals surface area contributed by atoms with E-state index in [4.69, 9.17) is 21.1 Å². The lowest BCUT2D eigenvalue weighted by atomic mass is 10.2. The smallest absolute Gasteiger partial charge is 0.145 e. The third kappa shape index (κ3) is 2.89. The van der Waals surface area contributed by atoms with Crippen molar-refractivity contribution < 1.29 is 9.47 Å². The van der Waals surface area contributed by atoms with Gasteiger partial charge in [-0.1, -0.05) is 17.7 Å². The first-order valence-electron chi connectivity index (χ1n) is 5.42. The molecule has 0 saturated carbocycles. The zero-order chi connectivity index (χ0) is 13.0. The topological polar surface area (TPSA) is 30.5 Å². The first kappa shape index (κ1) is 13.1. The van der Waals surface area contributed by atoms with Crippen molar-refractivity contribution in [1.29, 1.82) is 0 Å². The van der Waals surface area contributed by atoms with E-state index in [1.165, 1.54) is 4.88 Å². The summed E-state index contributed by atoms with van der Waals surface area (Å²) in [7, 11) is 3.21. The van der Waals surface area contributed by atoms with Crippen LogP contribution in [0.4, 0.5) is 5.69 Å². The Kier molecular flexibility index (Phi) is 4.33. The molecule has 0 unspecified atom stereocenters. The van der Waals surface area contributed by atoms with Gasteiger partial charge in [0, 0.05) is 17.5 Å². The molecule has 1 aromatic heterocycles. The number of rotatable bonds is 5. The van der Waals surface area contributed by atoms with Gasteiger partial charge in [-0.3, -0.25) is 0 Å². The van der Waals surface area contributed by atoms with Crippen molar-refractivity contribution in [2.24, 2.45) is 0 Å². The van der Waals surface area contributed by atoms with Gasteiger partial charge in [0.1, 0.15) is 11.5 Å². The number of halogens is 1. The van der Waals surface area contributed by atoms with Crippen LogP contribution in [0.2, 0.25) is 5.02 Å². The molecule has 96 valence electrons. The lowest BCUT2D eigenvalue weighted by Gasteiger charge is -2.13. The van der Waals surface area contributed by atoms with E-state index in [1.54, 1.807) is 31.6 Å². The molecule has 1 N–H and O–H groups in total. The monoisotopic (exact) mass is 283 g/mol. The summed E-state index contributed by atoms with van der Waals surface area (Å²) in [6.45, 7) is 0.747. The summed E-state index contributed by atoms with van der Waals surface area (Å²) in [5.41, 5.74) is 0.858. The minimum Gasteiger partial charge on any atom is -0.495 e. The van der Waals surface area contributed by atoms with E-state index in [2.05, 4.69) is 16.8 Å². The SMILES string of the molecule is COc1cc(OC)c(NCc2cccs2)cc1Cl. The zero-order valence-electron chi connectivity index (χ0n) is 10.2. The highest BCUT2D eigenvalue weighted by molar-refractivity contribution is 7.09. The molecule has 5 heteroatoms. The number of methoxy groups -OCH3 is 2. The van der Waals surface area contributed by atoms with Gasteiger partial charge in [0.15, 0.2) is 0 Å². The van der Waals surface area contributed by atoms with Gasteiger partial charge in [-0.15, -0.1) is 11.3 Å². The maximum absolute atomic E-state index is 6.10. The summed E-state index contributed by atoms with van der Waals surface area (Å²) in [5.74, 6) is 1.32. The van der Waals surface area contributed by atoms with Crippen molar-refractivity contribution in [2.45, 2.75) is 6.54 Å². The van der Waals surface area contributed by atoms with Gasteiger partial charge >= 0.3 is 0 Å². The predicted octanol–water partition coefficient (Wildman–Crippen LogP) is 4.03. The van der Waals surface area contributed by atoms with Crippen molar-refractivity contribution >= 4 is 28.6 Å². The Bertz CT molecular complexity index is 514. The van der Waals surface area contributed by atoms with Crippen LogP contribution < -0.4 is 14.8 Å². The fourth-order valence-corrected chi connectivity index (χ4v) is 2.48. The Hall–Kier alpha value is -1.39. The highest BCUT2D eigenvalue weighted by atomic mass is 35.5. The Morgan fingerprint density at radius 3 is 2.61 bits per heavy atom. The number of thiophene rings is 1. The van der Waals surface area contributed by atoms with Crippen molar-refractivity contribution in [3.8, 4) is 11.5 Å². The predicted molar refractivity (Wildman–Crippen MR) is 76.2 cm³/mol. The normalized spacial score (nSPS) is 10.2. The first-order valence-corrected chi connectivity index (χ1v) is 6.68. The van der Waals surface area contributed by atoms with Gasteiger partial charge in [-0.2, -0.15) is 0 Å². The molecule has 3 nitrogen and oxygen atoms in total. The molecule has 2 aromatic rings. The summed E-state index contributed by atoms with van der Waals surface area (Å²) in [5, 5.41) is 5.92. The molecule has 2 rings (SSSR count). The van der Waals surface area contributed by atoms with Crippen LogP contribution in [-0.2, 0) is 6.54 Å². The Balaban J connectivity index is 2.18. The summed E-state index contributed by atoms with van der Waals surface area (Å²) in [4.78, 5) is 1.25. The van der Waals surface area contributed by atoms with E-state index < -0.39 is 0 Å². The fourth-order valence-electron chi connectivity index (χ4n) is 1.59. The van der Waals surface area contributed by atoms with Crippen LogP contribution in [0.3, 0.4) is 0 Å². The van der Waals surface area contributed by atoms with E-state index in [-0.39, 0.29) is 0 Å². The second-order valence-corrected chi connectivity index (χ2v) is 5.06. The molecule has 0 saturated heterocycles. The minimum atomic E-state index is 0.562. The molecule has 0 aliphatic rings. The molecule has 0 amide bonds. The average Bonchev–Trinajstić information content (AvgIpc) is 2.89. The molecule has 0 fully saturated rings. The fraction of sp³-hybridized carbons (Fsp3) is 0.231. The van der Waals surface area contributed by atoms with Gasteiger partial charge in [0.2, 0.25) is 0 Å². The highest BCUT2D eigenvalue weighted by Gasteiger charge is 2.09. The number of ether oxygens (including phenoxy) is 2. The Morgan fingerprint density at radius 2 is 2.00 bits per heavy atom. The summed E-state index contributed by atoms with van der Waals surface area (Å²) in [6, 6.07) is 7.70. The minimum absolute atomic E-state index is 0.562. The molecule has 0 atom stereocenters. The second-order valence-electron chi connectivity index (χ2n) is 3.62. The Labute approximate surface area is 115 Å². The lowest BCUT2D eigenvalue weighted by molar-refractivity contribution is 0.395. The molecule has 0 aliphatic heterocycles. The average molecular weight is 284 g/mol. The van der Waals surface area contributed by atoms with Crippen LogP contribution >= 0.6 is 22.9 Å². The summed E-state index contributed by atoms with van der Waals surface area (Å²) in [6.07, 6.45) is 0. The largest absolute Gasteiger partial charge is 0.495 e. The van der Waals surface area contributed by atoms with Crippen molar-refractivity contribution in [3.05, 3.63) is 39.5 Å². The number of hydrogen-bond donors (Lipinski definition) is 1. The van der Waals surface area contributed by atoms with Crippen molar-refractivity contribution in [1.82, 2.24) is 0 Å². The van der Waals surface area contributed by atoms with Crippen LogP contribution in [0.25, 0.3) is 0 Å². The number of anilines is 1. The highest BCUT2D eigenvalue weighted by Crippen LogP contribution is 2.36. The standard InChI is InChI=1S/C13H14ClNO2S/c1-16-12-7-13(17-2)11(6-10(12)14)15-8-9-4-3-5-18-9/h3-7,15H,8H2,1-2H3. The maximum atomic E-state index is 6.10. The number of hydrogen-bond acceptors (Lipinski definition) is 4. The molecule has 0 radical (unpaired) electrons. The first-order chi connectivity index (χ1) is 8.74. The molecule has 1 heterocycles. The molecule has 0 aliphatic carbocycles. The number of benzene rings is 1. The molecular weight excluding hydrogens is 270 g/mol. The molecule has 0 spiro atoms. The molecular formula is C13H14ClNO2S. The number of nitrogens with one attached hydrogen (secondary N) is 1. The third-order valence-electron chi connectivity index (χ3n) is 2.51.